The quantitative estimate of drug-likeness (QED) is 0.578. The van der Waals surface area contributed by atoms with Crippen molar-refractivity contribution in [2.45, 2.75) is 19.4 Å². The Labute approximate surface area is 67.2 Å². The summed E-state index contributed by atoms with van der Waals surface area (Å²) in [5.41, 5.74) is 0. The zero-order valence-electron chi connectivity index (χ0n) is 6.82. The van der Waals surface area contributed by atoms with E-state index in [0.717, 1.165) is 13.0 Å². The molecular formula is C8H14N2O. The van der Waals surface area contributed by atoms with Gasteiger partial charge < -0.3 is 5.11 Å². The lowest BCUT2D eigenvalue weighted by Crippen LogP contribution is -2.35. The van der Waals surface area contributed by atoms with E-state index in [1.807, 2.05) is 4.90 Å². The Morgan fingerprint density at radius 3 is 3.00 bits per heavy atom. The number of aliphatic hydroxyl groups excluding tert-OH is 1. The third-order valence-corrected chi connectivity index (χ3v) is 2.46. The van der Waals surface area contributed by atoms with Gasteiger partial charge in [0.05, 0.1) is 19.2 Å². The van der Waals surface area contributed by atoms with Crippen LogP contribution in [-0.2, 0) is 0 Å². The summed E-state index contributed by atoms with van der Waals surface area (Å²) in [6.07, 6.45) is 1.10. The van der Waals surface area contributed by atoms with Crippen LogP contribution in [0.2, 0.25) is 0 Å². The fourth-order valence-corrected chi connectivity index (χ4v) is 1.67. The molecule has 2 unspecified atom stereocenters. The second-order valence-corrected chi connectivity index (χ2v) is 3.14. The molecule has 0 saturated carbocycles. The Balaban J connectivity index is 2.48. The van der Waals surface area contributed by atoms with E-state index in [0.29, 0.717) is 12.5 Å². The van der Waals surface area contributed by atoms with Gasteiger partial charge in [0.25, 0.3) is 0 Å². The van der Waals surface area contributed by atoms with Crippen LogP contribution in [0.4, 0.5) is 0 Å². The topological polar surface area (TPSA) is 47.3 Å². The third-order valence-electron chi connectivity index (χ3n) is 2.46. The highest BCUT2D eigenvalue weighted by molar-refractivity contribution is 4.89. The number of aliphatic hydroxyl groups is 1. The average Bonchev–Trinajstić information content (AvgIpc) is 2.33. The zero-order valence-corrected chi connectivity index (χ0v) is 6.82. The molecule has 0 amide bonds. The first-order valence-electron chi connectivity index (χ1n) is 4.01. The summed E-state index contributed by atoms with van der Waals surface area (Å²) in [5.74, 6) is 0.536. The number of nitriles is 1. The lowest BCUT2D eigenvalue weighted by atomic mass is 10.0. The lowest BCUT2D eigenvalue weighted by Gasteiger charge is -2.21. The maximum absolute atomic E-state index is 8.98. The summed E-state index contributed by atoms with van der Waals surface area (Å²) < 4.78 is 0. The van der Waals surface area contributed by atoms with Crippen LogP contribution in [0.25, 0.3) is 0 Å². The van der Waals surface area contributed by atoms with E-state index in [4.69, 9.17) is 10.4 Å². The van der Waals surface area contributed by atoms with Gasteiger partial charge >= 0.3 is 0 Å². The number of nitrogens with zero attached hydrogens (tertiary/aromatic N) is 2. The molecule has 2 atom stereocenters. The van der Waals surface area contributed by atoms with Gasteiger partial charge in [0, 0.05) is 6.04 Å². The molecule has 0 aromatic heterocycles. The Hall–Kier alpha value is -0.590. The Bertz CT molecular complexity index is 164. The molecule has 0 spiro atoms. The zero-order chi connectivity index (χ0) is 8.27. The van der Waals surface area contributed by atoms with E-state index in [1.165, 1.54) is 0 Å². The van der Waals surface area contributed by atoms with Crippen LogP contribution in [0.15, 0.2) is 0 Å². The fourth-order valence-electron chi connectivity index (χ4n) is 1.67. The highest BCUT2D eigenvalue weighted by atomic mass is 16.3. The van der Waals surface area contributed by atoms with E-state index in [-0.39, 0.29) is 12.6 Å². The van der Waals surface area contributed by atoms with E-state index in [2.05, 4.69) is 13.0 Å². The summed E-state index contributed by atoms with van der Waals surface area (Å²) in [5, 5.41) is 17.4. The lowest BCUT2D eigenvalue weighted by molar-refractivity contribution is 0.150. The summed E-state index contributed by atoms with van der Waals surface area (Å²) >= 11 is 0. The maximum atomic E-state index is 8.98. The van der Waals surface area contributed by atoms with Crippen molar-refractivity contribution in [2.75, 3.05) is 19.7 Å². The Morgan fingerprint density at radius 2 is 2.45 bits per heavy atom. The fraction of sp³-hybridized carbons (Fsp3) is 0.875. The van der Waals surface area contributed by atoms with E-state index < -0.39 is 0 Å². The minimum absolute atomic E-state index is 0.183. The third kappa shape index (κ3) is 1.70. The molecule has 62 valence electrons. The largest absolute Gasteiger partial charge is 0.395 e. The molecule has 3 heteroatoms. The molecule has 0 aromatic rings. The molecule has 3 nitrogen and oxygen atoms in total. The van der Waals surface area contributed by atoms with Crippen molar-refractivity contribution in [3.63, 3.8) is 0 Å². The van der Waals surface area contributed by atoms with Crippen LogP contribution in [0, 0.1) is 17.2 Å². The van der Waals surface area contributed by atoms with E-state index >= 15 is 0 Å². The van der Waals surface area contributed by atoms with Crippen molar-refractivity contribution in [3.05, 3.63) is 0 Å². The molecule has 11 heavy (non-hydrogen) atoms. The molecule has 1 N–H and O–H groups in total. The molecule has 1 aliphatic heterocycles. The minimum Gasteiger partial charge on any atom is -0.395 e. The van der Waals surface area contributed by atoms with Crippen molar-refractivity contribution >= 4 is 0 Å². The van der Waals surface area contributed by atoms with Crippen LogP contribution in [0.3, 0.4) is 0 Å². The van der Waals surface area contributed by atoms with Crippen LogP contribution in [0.5, 0.6) is 0 Å². The van der Waals surface area contributed by atoms with Crippen molar-refractivity contribution < 1.29 is 5.11 Å². The molecule has 1 fully saturated rings. The van der Waals surface area contributed by atoms with E-state index in [1.54, 1.807) is 0 Å². The molecule has 1 heterocycles. The van der Waals surface area contributed by atoms with Crippen molar-refractivity contribution in [1.29, 1.82) is 5.26 Å². The standard InChI is InChI=1S/C8H14N2O/c1-7-2-4-10(5-3-9)8(7)6-11/h7-8,11H,2,4-6H2,1H3. The Kier molecular flexibility index (Phi) is 2.86. The summed E-state index contributed by atoms with van der Waals surface area (Å²) in [7, 11) is 0. The van der Waals surface area contributed by atoms with Crippen LogP contribution in [0.1, 0.15) is 13.3 Å². The molecule has 0 aromatic carbocycles. The predicted molar refractivity (Wildman–Crippen MR) is 41.8 cm³/mol. The van der Waals surface area contributed by atoms with Gasteiger partial charge in [0.15, 0.2) is 0 Å². The van der Waals surface area contributed by atoms with Crippen molar-refractivity contribution in [3.8, 4) is 6.07 Å². The normalized spacial score (nSPS) is 32.1. The van der Waals surface area contributed by atoms with Gasteiger partial charge in [-0.15, -0.1) is 0 Å². The number of hydrogen-bond acceptors (Lipinski definition) is 3. The Morgan fingerprint density at radius 1 is 1.73 bits per heavy atom. The average molecular weight is 154 g/mol. The molecule has 0 radical (unpaired) electrons. The van der Waals surface area contributed by atoms with Crippen LogP contribution >= 0.6 is 0 Å². The van der Waals surface area contributed by atoms with Crippen LogP contribution in [-0.4, -0.2) is 35.7 Å². The first kappa shape index (κ1) is 8.51. The predicted octanol–water partition coefficient (Wildman–Crippen LogP) is 0.213. The monoisotopic (exact) mass is 154 g/mol. The number of hydrogen-bond donors (Lipinski definition) is 1. The summed E-state index contributed by atoms with van der Waals surface area (Å²) in [4.78, 5) is 2.05. The van der Waals surface area contributed by atoms with Crippen LogP contribution < -0.4 is 0 Å². The maximum Gasteiger partial charge on any atom is 0.0869 e. The molecule has 0 aliphatic carbocycles. The summed E-state index contributed by atoms with van der Waals surface area (Å²) in [6.45, 7) is 3.72. The van der Waals surface area contributed by atoms with Gasteiger partial charge in [-0.2, -0.15) is 5.26 Å². The SMILES string of the molecule is CC1CCN(CC#N)C1CO. The van der Waals surface area contributed by atoms with Gasteiger partial charge in [-0.1, -0.05) is 6.92 Å². The van der Waals surface area contributed by atoms with Gasteiger partial charge in [-0.25, -0.2) is 0 Å². The van der Waals surface area contributed by atoms with E-state index in [9.17, 15) is 0 Å². The highest BCUT2D eigenvalue weighted by Gasteiger charge is 2.29. The first-order valence-corrected chi connectivity index (χ1v) is 4.01. The highest BCUT2D eigenvalue weighted by Crippen LogP contribution is 2.22. The molecular weight excluding hydrogens is 140 g/mol. The van der Waals surface area contributed by atoms with Gasteiger partial charge in [0.1, 0.15) is 0 Å². The smallest absolute Gasteiger partial charge is 0.0869 e. The van der Waals surface area contributed by atoms with Gasteiger partial charge in [0.2, 0.25) is 0 Å². The number of likely N-dealkylation sites (tertiary alicyclic amines) is 1. The summed E-state index contributed by atoms with van der Waals surface area (Å²) in [6, 6.07) is 2.33. The van der Waals surface area contributed by atoms with Crippen molar-refractivity contribution in [1.82, 2.24) is 4.90 Å². The minimum atomic E-state index is 0.183. The molecule has 1 saturated heterocycles. The second-order valence-electron chi connectivity index (χ2n) is 3.14. The van der Waals surface area contributed by atoms with Crippen molar-refractivity contribution in [2.24, 2.45) is 5.92 Å². The molecule has 1 aliphatic rings. The van der Waals surface area contributed by atoms with Gasteiger partial charge in [-0.05, 0) is 18.9 Å². The van der Waals surface area contributed by atoms with Gasteiger partial charge in [-0.3, -0.25) is 4.90 Å². The molecule has 1 rings (SSSR count). The second kappa shape index (κ2) is 3.70. The number of rotatable bonds is 2. The molecule has 0 bridgehead atoms. The first-order chi connectivity index (χ1) is 5.29.